The molecular weight excluding hydrogens is 98.1 g/mol. The fraction of sp³-hybridized carbons (Fsp3) is 0.429. The quantitative estimate of drug-likeness (QED) is 0.537. The van der Waals surface area contributed by atoms with Gasteiger partial charge >= 0.3 is 0 Å². The second-order valence-electron chi connectivity index (χ2n) is 2.06. The third kappa shape index (κ3) is 0.915. The molecule has 1 aliphatic heterocycles. The summed E-state index contributed by atoms with van der Waals surface area (Å²) in [5.74, 6) is 0. The van der Waals surface area contributed by atoms with Gasteiger partial charge in [-0.3, -0.25) is 0 Å². The maximum atomic E-state index is 3.22. The molecule has 0 amide bonds. The highest BCUT2D eigenvalue weighted by Gasteiger charge is 2.07. The first-order chi connectivity index (χ1) is 3.83. The zero-order chi connectivity index (χ0) is 5.98. The molecule has 0 saturated carbocycles. The Morgan fingerprint density at radius 3 is 2.75 bits per heavy atom. The lowest BCUT2D eigenvalue weighted by Gasteiger charge is -2.22. The van der Waals surface area contributed by atoms with E-state index in [1.54, 1.807) is 0 Å². The van der Waals surface area contributed by atoms with E-state index in [1.807, 2.05) is 13.0 Å². The van der Waals surface area contributed by atoms with Crippen molar-refractivity contribution in [3.63, 3.8) is 0 Å². The summed E-state index contributed by atoms with van der Waals surface area (Å²) in [4.78, 5) is 0. The Bertz CT molecular complexity index is 133. The summed E-state index contributed by atoms with van der Waals surface area (Å²) in [5, 5.41) is 3.22. The van der Waals surface area contributed by atoms with Gasteiger partial charge in [0, 0.05) is 11.7 Å². The van der Waals surface area contributed by atoms with Gasteiger partial charge in [0.15, 0.2) is 0 Å². The van der Waals surface area contributed by atoms with E-state index < -0.39 is 0 Å². The molecular formula is C7H11N. The normalized spacial score (nSPS) is 26.8. The minimum absolute atomic E-state index is 0.584. The van der Waals surface area contributed by atoms with Crippen molar-refractivity contribution in [1.82, 2.24) is 5.32 Å². The molecule has 8 heavy (non-hydrogen) atoms. The Labute approximate surface area is 50.1 Å². The molecule has 44 valence electrons. The highest BCUT2D eigenvalue weighted by Crippen LogP contribution is 2.06. The SMILES string of the molecule is C/C=C\C1=C[C@@H](C)N1. The largest absolute Gasteiger partial charge is 0.379 e. The zero-order valence-electron chi connectivity index (χ0n) is 5.31. The molecule has 0 aromatic heterocycles. The molecule has 0 bridgehead atoms. The van der Waals surface area contributed by atoms with E-state index in [4.69, 9.17) is 0 Å². The summed E-state index contributed by atoms with van der Waals surface area (Å²) in [6.45, 7) is 4.15. The summed E-state index contributed by atoms with van der Waals surface area (Å²) in [6, 6.07) is 0.584. The predicted octanol–water partition coefficient (Wildman–Crippen LogP) is 1.44. The molecule has 0 fully saturated rings. The molecule has 0 spiro atoms. The van der Waals surface area contributed by atoms with Crippen molar-refractivity contribution in [2.45, 2.75) is 19.9 Å². The molecule has 0 radical (unpaired) electrons. The minimum atomic E-state index is 0.584. The molecule has 0 unspecified atom stereocenters. The van der Waals surface area contributed by atoms with E-state index in [2.05, 4.69) is 24.4 Å². The van der Waals surface area contributed by atoms with Crippen molar-refractivity contribution in [3.05, 3.63) is 23.9 Å². The highest BCUT2D eigenvalue weighted by molar-refractivity contribution is 5.26. The van der Waals surface area contributed by atoms with Gasteiger partial charge in [0.05, 0.1) is 0 Å². The Balaban J connectivity index is 2.42. The van der Waals surface area contributed by atoms with Gasteiger partial charge in [0.1, 0.15) is 0 Å². The first-order valence-electron chi connectivity index (χ1n) is 2.94. The maximum absolute atomic E-state index is 3.22. The van der Waals surface area contributed by atoms with Crippen LogP contribution in [0.1, 0.15) is 13.8 Å². The maximum Gasteiger partial charge on any atom is 0.0438 e. The molecule has 1 aliphatic rings. The second kappa shape index (κ2) is 2.03. The van der Waals surface area contributed by atoms with Crippen LogP contribution in [0.15, 0.2) is 23.9 Å². The summed E-state index contributed by atoms with van der Waals surface area (Å²) in [5.41, 5.74) is 1.25. The second-order valence-corrected chi connectivity index (χ2v) is 2.06. The molecule has 0 aliphatic carbocycles. The molecule has 1 N–H and O–H groups in total. The van der Waals surface area contributed by atoms with Crippen LogP contribution < -0.4 is 5.32 Å². The van der Waals surface area contributed by atoms with Crippen LogP contribution >= 0.6 is 0 Å². The van der Waals surface area contributed by atoms with E-state index in [0.717, 1.165) is 0 Å². The van der Waals surface area contributed by atoms with Gasteiger partial charge < -0.3 is 5.32 Å². The average Bonchev–Trinajstić information content (AvgIpc) is 1.64. The van der Waals surface area contributed by atoms with Gasteiger partial charge in [-0.05, 0) is 26.0 Å². The van der Waals surface area contributed by atoms with Crippen LogP contribution in [-0.2, 0) is 0 Å². The molecule has 1 nitrogen and oxygen atoms in total. The van der Waals surface area contributed by atoms with Gasteiger partial charge in [0.25, 0.3) is 0 Å². The van der Waals surface area contributed by atoms with Gasteiger partial charge in [-0.1, -0.05) is 6.08 Å². The number of rotatable bonds is 1. The molecule has 1 heterocycles. The fourth-order valence-electron chi connectivity index (χ4n) is 0.809. The van der Waals surface area contributed by atoms with Crippen LogP contribution in [0.5, 0.6) is 0 Å². The van der Waals surface area contributed by atoms with Crippen LogP contribution in [0.2, 0.25) is 0 Å². The highest BCUT2D eigenvalue weighted by atomic mass is 15.0. The number of allylic oxidation sites excluding steroid dienone is 2. The van der Waals surface area contributed by atoms with Crippen LogP contribution in [0.3, 0.4) is 0 Å². The van der Waals surface area contributed by atoms with Crippen molar-refractivity contribution in [3.8, 4) is 0 Å². The first-order valence-corrected chi connectivity index (χ1v) is 2.94. The number of nitrogens with one attached hydrogen (secondary N) is 1. The van der Waals surface area contributed by atoms with E-state index in [9.17, 15) is 0 Å². The third-order valence-electron chi connectivity index (χ3n) is 1.17. The molecule has 0 aromatic rings. The summed E-state index contributed by atoms with van der Waals surface area (Å²) < 4.78 is 0. The fourth-order valence-corrected chi connectivity index (χ4v) is 0.809. The summed E-state index contributed by atoms with van der Waals surface area (Å²) >= 11 is 0. The molecule has 1 rings (SSSR count). The Morgan fingerprint density at radius 2 is 2.38 bits per heavy atom. The van der Waals surface area contributed by atoms with Crippen molar-refractivity contribution < 1.29 is 0 Å². The molecule has 0 saturated heterocycles. The first kappa shape index (κ1) is 5.42. The topological polar surface area (TPSA) is 12.0 Å². The molecule has 1 atom stereocenters. The summed E-state index contributed by atoms with van der Waals surface area (Å²) in [7, 11) is 0. The Kier molecular flexibility index (Phi) is 1.38. The Hall–Kier alpha value is -0.720. The van der Waals surface area contributed by atoms with Crippen LogP contribution in [0.25, 0.3) is 0 Å². The Morgan fingerprint density at radius 1 is 1.75 bits per heavy atom. The minimum Gasteiger partial charge on any atom is -0.379 e. The van der Waals surface area contributed by atoms with Crippen LogP contribution in [0.4, 0.5) is 0 Å². The van der Waals surface area contributed by atoms with E-state index in [0.29, 0.717) is 6.04 Å². The third-order valence-corrected chi connectivity index (χ3v) is 1.17. The van der Waals surface area contributed by atoms with Gasteiger partial charge in [-0.25, -0.2) is 0 Å². The van der Waals surface area contributed by atoms with Crippen molar-refractivity contribution in [2.75, 3.05) is 0 Å². The zero-order valence-corrected chi connectivity index (χ0v) is 5.31. The molecule has 1 heteroatoms. The van der Waals surface area contributed by atoms with E-state index in [1.165, 1.54) is 5.70 Å². The van der Waals surface area contributed by atoms with Crippen molar-refractivity contribution >= 4 is 0 Å². The standard InChI is InChI=1S/C7H11N/c1-3-4-7-5-6(2)8-7/h3-6,8H,1-2H3/b4-3-/t6-/m1/s1. The number of hydrogen-bond acceptors (Lipinski definition) is 1. The summed E-state index contributed by atoms with van der Waals surface area (Å²) in [6.07, 6.45) is 6.30. The monoisotopic (exact) mass is 109 g/mol. The van der Waals surface area contributed by atoms with Gasteiger partial charge in [-0.15, -0.1) is 0 Å². The molecule has 0 aromatic carbocycles. The average molecular weight is 109 g/mol. The lowest BCUT2D eigenvalue weighted by molar-refractivity contribution is 0.665. The van der Waals surface area contributed by atoms with Crippen LogP contribution in [-0.4, -0.2) is 6.04 Å². The lowest BCUT2D eigenvalue weighted by atomic mass is 10.1. The van der Waals surface area contributed by atoms with Crippen LogP contribution in [0, 0.1) is 0 Å². The van der Waals surface area contributed by atoms with Crippen molar-refractivity contribution in [1.29, 1.82) is 0 Å². The van der Waals surface area contributed by atoms with E-state index in [-0.39, 0.29) is 0 Å². The smallest absolute Gasteiger partial charge is 0.0438 e. The lowest BCUT2D eigenvalue weighted by Crippen LogP contribution is -2.32. The van der Waals surface area contributed by atoms with E-state index >= 15 is 0 Å². The van der Waals surface area contributed by atoms with Gasteiger partial charge in [0.2, 0.25) is 0 Å². The number of hydrogen-bond donors (Lipinski definition) is 1. The predicted molar refractivity (Wildman–Crippen MR) is 35.5 cm³/mol. The van der Waals surface area contributed by atoms with Crippen molar-refractivity contribution in [2.24, 2.45) is 0 Å². The van der Waals surface area contributed by atoms with Gasteiger partial charge in [-0.2, -0.15) is 0 Å².